The molecule has 4 rings (SSSR count). The largest absolute Gasteiger partial charge is 0.322 e. The van der Waals surface area contributed by atoms with Crippen molar-refractivity contribution in [2.45, 2.75) is 24.9 Å². The van der Waals surface area contributed by atoms with Crippen LogP contribution in [-0.4, -0.2) is 67.5 Å². The van der Waals surface area contributed by atoms with E-state index < -0.39 is 9.84 Å². The van der Waals surface area contributed by atoms with Crippen molar-refractivity contribution in [2.75, 3.05) is 36.5 Å². The molecule has 6 nitrogen and oxygen atoms in total. The number of anilines is 1. The van der Waals surface area contributed by atoms with E-state index in [1.54, 1.807) is 29.2 Å². The maximum absolute atomic E-state index is 12.7. The standard InChI is InChI=1S/C17H22ClN3O3S/c18-13-3-5-14(6-4-13)19-17(22)21-8-7-20(9-12-1-2-12)15-10-25(23,24)11-16(15)21/h3-6,12,15-16H,1-2,7-11H2,(H,19,22)/t15-,16+/m1/s1. The number of hydrogen-bond donors (Lipinski definition) is 1. The van der Waals surface area contributed by atoms with E-state index in [1.807, 2.05) is 0 Å². The first-order chi connectivity index (χ1) is 11.9. The zero-order chi connectivity index (χ0) is 17.6. The predicted octanol–water partition coefficient (Wildman–Crippen LogP) is 2.07. The van der Waals surface area contributed by atoms with Crippen LogP contribution in [0.4, 0.5) is 10.5 Å². The van der Waals surface area contributed by atoms with Crippen LogP contribution in [-0.2, 0) is 9.84 Å². The van der Waals surface area contributed by atoms with Crippen LogP contribution in [0.2, 0.25) is 5.02 Å². The molecular weight excluding hydrogens is 362 g/mol. The summed E-state index contributed by atoms with van der Waals surface area (Å²) in [4.78, 5) is 16.7. The highest BCUT2D eigenvalue weighted by atomic mass is 35.5. The average Bonchev–Trinajstić information content (AvgIpc) is 3.30. The number of nitrogens with zero attached hydrogens (tertiary/aromatic N) is 2. The van der Waals surface area contributed by atoms with E-state index in [9.17, 15) is 13.2 Å². The zero-order valence-corrected chi connectivity index (χ0v) is 15.5. The normalized spacial score (nSPS) is 28.6. The lowest BCUT2D eigenvalue weighted by atomic mass is 10.0. The first-order valence-corrected chi connectivity index (χ1v) is 10.9. The molecule has 1 N–H and O–H groups in total. The second kappa shape index (κ2) is 6.45. The van der Waals surface area contributed by atoms with Crippen LogP contribution in [0.3, 0.4) is 0 Å². The Morgan fingerprint density at radius 2 is 1.80 bits per heavy atom. The highest BCUT2D eigenvalue weighted by molar-refractivity contribution is 7.91. The third kappa shape index (κ3) is 3.78. The summed E-state index contributed by atoms with van der Waals surface area (Å²) >= 11 is 5.87. The van der Waals surface area contributed by atoms with Gasteiger partial charge in [0.25, 0.3) is 0 Å². The third-order valence-electron chi connectivity index (χ3n) is 5.34. The number of sulfone groups is 1. The fourth-order valence-corrected chi connectivity index (χ4v) is 6.00. The molecule has 8 heteroatoms. The van der Waals surface area contributed by atoms with Crippen molar-refractivity contribution in [2.24, 2.45) is 5.92 Å². The van der Waals surface area contributed by atoms with E-state index in [2.05, 4.69) is 10.2 Å². The molecule has 1 aliphatic carbocycles. The molecule has 3 aliphatic rings. The molecule has 1 aromatic carbocycles. The van der Waals surface area contributed by atoms with Gasteiger partial charge in [-0.15, -0.1) is 0 Å². The molecule has 2 atom stereocenters. The van der Waals surface area contributed by atoms with Crippen LogP contribution < -0.4 is 5.32 Å². The molecular formula is C17H22ClN3O3S. The van der Waals surface area contributed by atoms with Gasteiger partial charge in [-0.25, -0.2) is 13.2 Å². The molecule has 0 bridgehead atoms. The Hall–Kier alpha value is -1.31. The summed E-state index contributed by atoms with van der Waals surface area (Å²) < 4.78 is 24.4. The number of amides is 2. The quantitative estimate of drug-likeness (QED) is 0.867. The number of piperazine rings is 1. The van der Waals surface area contributed by atoms with Crippen molar-refractivity contribution in [3.8, 4) is 0 Å². The Labute approximate surface area is 153 Å². The Balaban J connectivity index is 1.49. The fourth-order valence-electron chi connectivity index (χ4n) is 3.86. The van der Waals surface area contributed by atoms with E-state index in [1.165, 1.54) is 12.8 Å². The molecule has 0 aromatic heterocycles. The van der Waals surface area contributed by atoms with Crippen molar-refractivity contribution in [1.82, 2.24) is 9.80 Å². The molecule has 1 aromatic rings. The predicted molar refractivity (Wildman–Crippen MR) is 97.7 cm³/mol. The number of fused-ring (bicyclic) bond motifs is 1. The van der Waals surface area contributed by atoms with Crippen molar-refractivity contribution >= 4 is 33.2 Å². The van der Waals surface area contributed by atoms with E-state index in [0.29, 0.717) is 23.2 Å². The number of hydrogen-bond acceptors (Lipinski definition) is 4. The molecule has 2 aliphatic heterocycles. The summed E-state index contributed by atoms with van der Waals surface area (Å²) in [5, 5.41) is 3.47. The second-order valence-corrected chi connectivity index (χ2v) is 9.87. The molecule has 136 valence electrons. The summed E-state index contributed by atoms with van der Waals surface area (Å²) in [5.74, 6) is 0.931. The van der Waals surface area contributed by atoms with Gasteiger partial charge in [-0.1, -0.05) is 11.6 Å². The fraction of sp³-hybridized carbons (Fsp3) is 0.588. The van der Waals surface area contributed by atoms with E-state index in [-0.39, 0.29) is 29.6 Å². The van der Waals surface area contributed by atoms with E-state index >= 15 is 0 Å². The first kappa shape index (κ1) is 17.1. The minimum Gasteiger partial charge on any atom is -0.318 e. The Bertz CT molecular complexity index is 764. The monoisotopic (exact) mass is 383 g/mol. The highest BCUT2D eigenvalue weighted by Crippen LogP contribution is 2.34. The van der Waals surface area contributed by atoms with Crippen LogP contribution in [0, 0.1) is 5.92 Å². The van der Waals surface area contributed by atoms with Gasteiger partial charge in [0, 0.05) is 36.4 Å². The summed E-state index contributed by atoms with van der Waals surface area (Å²) in [6.07, 6.45) is 2.48. The molecule has 3 fully saturated rings. The summed E-state index contributed by atoms with van der Waals surface area (Å²) in [5.41, 5.74) is 0.659. The lowest BCUT2D eigenvalue weighted by molar-refractivity contribution is 0.0672. The van der Waals surface area contributed by atoms with E-state index in [0.717, 1.165) is 13.1 Å². The molecule has 2 heterocycles. The number of carbonyl (C=O) groups is 1. The van der Waals surface area contributed by atoms with Gasteiger partial charge in [0.1, 0.15) is 0 Å². The summed E-state index contributed by atoms with van der Waals surface area (Å²) in [7, 11) is -3.10. The lowest BCUT2D eigenvalue weighted by Crippen LogP contribution is -2.61. The van der Waals surface area contributed by atoms with Crippen molar-refractivity contribution < 1.29 is 13.2 Å². The minimum atomic E-state index is -3.10. The van der Waals surface area contributed by atoms with Crippen LogP contribution in [0.1, 0.15) is 12.8 Å². The van der Waals surface area contributed by atoms with Gasteiger partial charge >= 0.3 is 6.03 Å². The number of halogens is 1. The third-order valence-corrected chi connectivity index (χ3v) is 7.29. The molecule has 1 saturated carbocycles. The van der Waals surface area contributed by atoms with Gasteiger partial charge in [0.15, 0.2) is 9.84 Å². The summed E-state index contributed by atoms with van der Waals surface area (Å²) in [6, 6.07) is 6.35. The number of urea groups is 1. The smallest absolute Gasteiger partial charge is 0.318 e. The molecule has 0 unspecified atom stereocenters. The van der Waals surface area contributed by atoms with Crippen molar-refractivity contribution in [3.05, 3.63) is 29.3 Å². The van der Waals surface area contributed by atoms with Gasteiger partial charge < -0.3 is 10.2 Å². The van der Waals surface area contributed by atoms with Crippen molar-refractivity contribution in [1.29, 1.82) is 0 Å². The number of carbonyl (C=O) groups excluding carboxylic acids is 1. The molecule has 0 radical (unpaired) electrons. The molecule has 0 spiro atoms. The maximum atomic E-state index is 12.7. The van der Waals surface area contributed by atoms with Crippen LogP contribution in [0.5, 0.6) is 0 Å². The Morgan fingerprint density at radius 1 is 1.12 bits per heavy atom. The summed E-state index contributed by atoms with van der Waals surface area (Å²) in [6.45, 7) is 2.26. The molecule has 25 heavy (non-hydrogen) atoms. The Kier molecular flexibility index (Phi) is 4.42. The molecule has 2 saturated heterocycles. The lowest BCUT2D eigenvalue weighted by Gasteiger charge is -2.43. The second-order valence-electron chi connectivity index (χ2n) is 7.28. The zero-order valence-electron chi connectivity index (χ0n) is 13.9. The van der Waals surface area contributed by atoms with Crippen LogP contribution in [0.25, 0.3) is 0 Å². The molecule has 2 amide bonds. The average molecular weight is 384 g/mol. The SMILES string of the molecule is O=C(Nc1ccc(Cl)cc1)N1CCN(CC2CC2)[C@@H]2CS(=O)(=O)C[C@@H]21. The van der Waals surface area contributed by atoms with Crippen LogP contribution >= 0.6 is 11.6 Å². The van der Waals surface area contributed by atoms with Gasteiger partial charge in [-0.05, 0) is 43.0 Å². The van der Waals surface area contributed by atoms with Gasteiger partial charge in [-0.3, -0.25) is 4.90 Å². The van der Waals surface area contributed by atoms with E-state index in [4.69, 9.17) is 11.6 Å². The van der Waals surface area contributed by atoms with Gasteiger partial charge in [0.05, 0.1) is 17.5 Å². The first-order valence-electron chi connectivity index (χ1n) is 8.69. The number of nitrogens with one attached hydrogen (secondary N) is 1. The van der Waals surface area contributed by atoms with Gasteiger partial charge in [-0.2, -0.15) is 0 Å². The Morgan fingerprint density at radius 3 is 2.48 bits per heavy atom. The number of rotatable bonds is 3. The van der Waals surface area contributed by atoms with Gasteiger partial charge in [0.2, 0.25) is 0 Å². The topological polar surface area (TPSA) is 69.7 Å². The van der Waals surface area contributed by atoms with Crippen molar-refractivity contribution in [3.63, 3.8) is 0 Å². The van der Waals surface area contributed by atoms with Crippen LogP contribution in [0.15, 0.2) is 24.3 Å². The highest BCUT2D eigenvalue weighted by Gasteiger charge is 2.48. The minimum absolute atomic E-state index is 0.0624. The number of benzene rings is 1. The maximum Gasteiger partial charge on any atom is 0.322 e.